The van der Waals surface area contributed by atoms with Crippen molar-refractivity contribution in [2.75, 3.05) is 0 Å². The number of phenols is 1. The van der Waals surface area contributed by atoms with E-state index in [0.717, 1.165) is 18.2 Å². The van der Waals surface area contributed by atoms with Crippen LogP contribution >= 0.6 is 0 Å². The van der Waals surface area contributed by atoms with Crippen molar-refractivity contribution in [3.8, 4) is 5.75 Å². The zero-order valence-electron chi connectivity index (χ0n) is 7.21. The summed E-state index contributed by atoms with van der Waals surface area (Å²) in [5.41, 5.74) is -1.34. The second kappa shape index (κ2) is 4.89. The number of para-hydroxylation sites is 1. The van der Waals surface area contributed by atoms with Gasteiger partial charge < -0.3 is 5.11 Å². The molecule has 1 aromatic carbocycles. The van der Waals surface area contributed by atoms with E-state index in [0.29, 0.717) is 0 Å². The first-order valence-corrected chi connectivity index (χ1v) is 3.15. The normalized spacial score (nSPS) is 8.86. The molecular weight excluding hydrogens is 203 g/mol. The molecule has 0 amide bonds. The summed E-state index contributed by atoms with van der Waals surface area (Å²) in [6, 6.07) is 3.11. The summed E-state index contributed by atoms with van der Waals surface area (Å²) in [7, 11) is 0. The minimum atomic E-state index is -0.919. The van der Waals surface area contributed by atoms with Crippen LogP contribution in [0.1, 0.15) is 0 Å². The molecule has 0 aliphatic carbocycles. The van der Waals surface area contributed by atoms with Crippen molar-refractivity contribution in [3.05, 3.63) is 38.4 Å². The molecule has 0 aliphatic heterocycles. The van der Waals surface area contributed by atoms with Crippen molar-refractivity contribution in [3.63, 3.8) is 0 Å². The van der Waals surface area contributed by atoms with E-state index in [-0.39, 0.29) is 29.6 Å². The Morgan fingerprint density at radius 2 is 1.43 bits per heavy atom. The Morgan fingerprint density at radius 3 is 1.71 bits per heavy atom. The Hall–Kier alpha value is -1.18. The molecule has 0 spiro atoms. The Labute approximate surface area is 99.9 Å². The summed E-state index contributed by atoms with van der Waals surface area (Å²) in [5, 5.41) is 29.5. The van der Waals surface area contributed by atoms with Gasteiger partial charge in [0.25, 0.3) is 5.75 Å². The Morgan fingerprint density at radius 1 is 1.07 bits per heavy atom. The van der Waals surface area contributed by atoms with E-state index in [1.54, 1.807) is 0 Å². The fourth-order valence-corrected chi connectivity index (χ4v) is 0.814. The number of phenolic OH excluding ortho intramolecular Hbond substituents is 1. The van der Waals surface area contributed by atoms with Crippen LogP contribution in [0.15, 0.2) is 18.2 Å². The summed E-state index contributed by atoms with van der Waals surface area (Å²) in [6.45, 7) is 0. The Balaban J connectivity index is 0.00000169. The first-order chi connectivity index (χ1) is 6.04. The van der Waals surface area contributed by atoms with Gasteiger partial charge in [0.05, 0.1) is 9.85 Å². The maximum absolute atomic E-state index is 10.2. The molecule has 1 aromatic rings. The fourth-order valence-electron chi connectivity index (χ4n) is 0.814. The SMILES string of the molecule is O=[N+]([O-])c1cccc([N+](=O)[O-])c1O.[Na+]. The molecule has 0 saturated heterocycles. The molecule has 68 valence electrons. The van der Waals surface area contributed by atoms with Crippen LogP contribution in [-0.4, -0.2) is 15.0 Å². The zero-order valence-corrected chi connectivity index (χ0v) is 9.21. The maximum Gasteiger partial charge on any atom is 1.00 e. The van der Waals surface area contributed by atoms with Crippen molar-refractivity contribution >= 4 is 11.4 Å². The summed E-state index contributed by atoms with van der Waals surface area (Å²) in [6.07, 6.45) is 0. The predicted molar refractivity (Wildman–Crippen MR) is 41.4 cm³/mol. The van der Waals surface area contributed by atoms with Crippen LogP contribution in [0, 0.1) is 20.2 Å². The predicted octanol–water partition coefficient (Wildman–Crippen LogP) is -1.79. The minimum absolute atomic E-state index is 0. The third-order valence-corrected chi connectivity index (χ3v) is 1.39. The molecule has 0 heterocycles. The third-order valence-electron chi connectivity index (χ3n) is 1.39. The molecule has 0 radical (unpaired) electrons. The maximum atomic E-state index is 10.2. The van der Waals surface area contributed by atoms with Crippen LogP contribution < -0.4 is 29.6 Å². The van der Waals surface area contributed by atoms with Gasteiger partial charge in [-0.1, -0.05) is 0 Å². The van der Waals surface area contributed by atoms with E-state index in [2.05, 4.69) is 0 Å². The smallest absolute Gasteiger partial charge is 0.497 e. The van der Waals surface area contributed by atoms with Gasteiger partial charge in [0.15, 0.2) is 0 Å². The number of hydrogen-bond acceptors (Lipinski definition) is 5. The number of aromatic hydroxyl groups is 1. The first-order valence-electron chi connectivity index (χ1n) is 3.15. The van der Waals surface area contributed by atoms with E-state index < -0.39 is 27.0 Å². The third kappa shape index (κ3) is 2.41. The Kier molecular flexibility index (Phi) is 4.48. The molecule has 1 rings (SSSR count). The molecule has 0 saturated carbocycles. The molecule has 8 heteroatoms. The summed E-state index contributed by atoms with van der Waals surface area (Å²) in [5.74, 6) is -0.919. The number of nitro groups is 2. The first kappa shape index (κ1) is 12.8. The molecule has 7 nitrogen and oxygen atoms in total. The quantitative estimate of drug-likeness (QED) is 0.350. The van der Waals surface area contributed by atoms with Crippen LogP contribution in [0.5, 0.6) is 5.75 Å². The van der Waals surface area contributed by atoms with Gasteiger partial charge in [-0.05, 0) is 6.07 Å². The van der Waals surface area contributed by atoms with Crippen LogP contribution in [0.25, 0.3) is 0 Å². The van der Waals surface area contributed by atoms with Gasteiger partial charge in [-0.15, -0.1) is 0 Å². The molecular formula is C6H4N2NaO5+. The topological polar surface area (TPSA) is 107 Å². The van der Waals surface area contributed by atoms with Gasteiger partial charge >= 0.3 is 40.9 Å². The summed E-state index contributed by atoms with van der Waals surface area (Å²) < 4.78 is 0. The summed E-state index contributed by atoms with van der Waals surface area (Å²) >= 11 is 0. The second-order valence-electron chi connectivity index (χ2n) is 2.16. The molecule has 1 N–H and O–H groups in total. The summed E-state index contributed by atoms with van der Waals surface area (Å²) in [4.78, 5) is 18.7. The minimum Gasteiger partial charge on any atom is -0.497 e. The van der Waals surface area contributed by atoms with Gasteiger partial charge in [0.2, 0.25) is 0 Å². The van der Waals surface area contributed by atoms with E-state index >= 15 is 0 Å². The molecule has 0 aromatic heterocycles. The van der Waals surface area contributed by atoms with Crippen LogP contribution in [0.4, 0.5) is 11.4 Å². The molecule has 14 heavy (non-hydrogen) atoms. The van der Waals surface area contributed by atoms with E-state index in [4.69, 9.17) is 5.11 Å². The van der Waals surface area contributed by atoms with Crippen LogP contribution in [-0.2, 0) is 0 Å². The van der Waals surface area contributed by atoms with Crippen LogP contribution in [0.3, 0.4) is 0 Å². The average Bonchev–Trinajstić information content (AvgIpc) is 2.03. The Bertz CT molecular complexity index is 348. The zero-order chi connectivity index (χ0) is 10.0. The average molecular weight is 207 g/mol. The van der Waals surface area contributed by atoms with E-state index in [1.807, 2.05) is 0 Å². The number of rotatable bonds is 2. The molecule has 0 bridgehead atoms. The number of hydrogen-bond donors (Lipinski definition) is 1. The van der Waals surface area contributed by atoms with Crippen molar-refractivity contribution in [2.45, 2.75) is 0 Å². The van der Waals surface area contributed by atoms with Crippen molar-refractivity contribution in [1.29, 1.82) is 0 Å². The van der Waals surface area contributed by atoms with Crippen molar-refractivity contribution < 1.29 is 44.5 Å². The number of benzene rings is 1. The van der Waals surface area contributed by atoms with Crippen LogP contribution in [0.2, 0.25) is 0 Å². The number of nitrogens with zero attached hydrogens (tertiary/aromatic N) is 2. The van der Waals surface area contributed by atoms with Gasteiger partial charge in [-0.3, -0.25) is 20.2 Å². The molecule has 0 fully saturated rings. The molecule has 0 aliphatic rings. The monoisotopic (exact) mass is 207 g/mol. The van der Waals surface area contributed by atoms with Gasteiger partial charge in [-0.25, -0.2) is 0 Å². The van der Waals surface area contributed by atoms with Gasteiger partial charge in [0.1, 0.15) is 0 Å². The number of nitro benzene ring substituents is 2. The van der Waals surface area contributed by atoms with E-state index in [9.17, 15) is 20.2 Å². The van der Waals surface area contributed by atoms with Gasteiger partial charge in [-0.2, -0.15) is 0 Å². The largest absolute Gasteiger partial charge is 1.00 e. The van der Waals surface area contributed by atoms with Crippen molar-refractivity contribution in [2.24, 2.45) is 0 Å². The molecule has 0 unspecified atom stereocenters. The fraction of sp³-hybridized carbons (Fsp3) is 0. The standard InChI is InChI=1S/C6H4N2O5.Na/c9-6-4(7(10)11)2-1-3-5(6)8(12)13;/h1-3,9H;/q;+1. The van der Waals surface area contributed by atoms with Crippen molar-refractivity contribution in [1.82, 2.24) is 0 Å². The van der Waals surface area contributed by atoms with E-state index in [1.165, 1.54) is 0 Å². The van der Waals surface area contributed by atoms with Gasteiger partial charge in [0, 0.05) is 12.1 Å². The molecule has 0 atom stereocenters. The second-order valence-corrected chi connectivity index (χ2v) is 2.16.